The maximum absolute atomic E-state index is 12.7. The van der Waals surface area contributed by atoms with Crippen LogP contribution in [0.1, 0.15) is 21.1 Å². The Bertz CT molecular complexity index is 1740. The van der Waals surface area contributed by atoms with Crippen LogP contribution in [-0.4, -0.2) is 29.0 Å². The number of anilines is 2. The highest BCUT2D eigenvalue weighted by molar-refractivity contribution is 7.80. The molecule has 0 saturated carbocycles. The number of para-hydroxylation sites is 1. The molecule has 5 rings (SSSR count). The second kappa shape index (κ2) is 11.1. The van der Waals surface area contributed by atoms with Crippen molar-refractivity contribution in [1.82, 2.24) is 5.32 Å². The number of nitrogens with zero attached hydrogens (tertiary/aromatic N) is 1. The number of nitrogens with one attached hydrogen (secondary N) is 3. The van der Waals surface area contributed by atoms with E-state index in [-0.39, 0.29) is 28.1 Å². The third-order valence-electron chi connectivity index (χ3n) is 5.76. The Morgan fingerprint density at radius 3 is 2.48 bits per heavy atom. The first kappa shape index (κ1) is 26.1. The average molecular weight is 557 g/mol. The smallest absolute Gasteiger partial charge is 0.293 e. The molecule has 0 aliphatic rings. The third kappa shape index (κ3) is 5.66. The van der Waals surface area contributed by atoms with Gasteiger partial charge in [-0.3, -0.25) is 25.0 Å². The number of furan rings is 2. The van der Waals surface area contributed by atoms with Crippen molar-refractivity contribution in [3.05, 3.63) is 107 Å². The molecular weight excluding hydrogens is 536 g/mol. The SMILES string of the molecule is COc1cc(NC(=S)NC(=O)c2ccc(-c3cccc([N+](=O)[O-])c3)o2)ccc1NC(=O)c1cc2ccccc2o1. The Hall–Kier alpha value is -5.49. The van der Waals surface area contributed by atoms with Gasteiger partial charge >= 0.3 is 0 Å². The van der Waals surface area contributed by atoms with Crippen LogP contribution in [0.5, 0.6) is 5.75 Å². The van der Waals surface area contributed by atoms with Crippen LogP contribution in [0.2, 0.25) is 0 Å². The summed E-state index contributed by atoms with van der Waals surface area (Å²) in [5.41, 5.74) is 1.84. The molecule has 0 unspecified atom stereocenters. The standard InChI is InChI=1S/C28H20N4O7S/c1-37-24-15-18(9-10-20(24)30-27(34)25-14-17-5-2-3-8-21(17)39-25)29-28(40)31-26(33)23-12-11-22(38-23)16-6-4-7-19(13-16)32(35)36/h2-15H,1H3,(H,30,34)(H2,29,31,33,40). The van der Waals surface area contributed by atoms with Crippen LogP contribution in [0, 0.1) is 10.1 Å². The predicted molar refractivity (Wildman–Crippen MR) is 152 cm³/mol. The minimum atomic E-state index is -0.615. The number of hydrogen-bond acceptors (Lipinski definition) is 8. The largest absolute Gasteiger partial charge is 0.494 e. The van der Waals surface area contributed by atoms with E-state index in [0.29, 0.717) is 28.3 Å². The summed E-state index contributed by atoms with van der Waals surface area (Å²) in [6.07, 6.45) is 0. The minimum Gasteiger partial charge on any atom is -0.494 e. The summed E-state index contributed by atoms with van der Waals surface area (Å²) in [7, 11) is 1.45. The summed E-state index contributed by atoms with van der Waals surface area (Å²) in [6, 6.07) is 22.7. The molecule has 12 heteroatoms. The Labute approximate surface area is 231 Å². The number of fused-ring (bicyclic) bond motifs is 1. The summed E-state index contributed by atoms with van der Waals surface area (Å²) in [4.78, 5) is 35.9. The molecule has 2 amide bonds. The molecule has 0 bridgehead atoms. The maximum Gasteiger partial charge on any atom is 0.293 e. The molecule has 0 spiro atoms. The van der Waals surface area contributed by atoms with E-state index in [9.17, 15) is 19.7 Å². The van der Waals surface area contributed by atoms with E-state index < -0.39 is 16.7 Å². The zero-order chi connectivity index (χ0) is 28.2. The highest BCUT2D eigenvalue weighted by Crippen LogP contribution is 2.29. The van der Waals surface area contributed by atoms with Crippen LogP contribution >= 0.6 is 12.2 Å². The van der Waals surface area contributed by atoms with E-state index in [1.54, 1.807) is 36.4 Å². The van der Waals surface area contributed by atoms with Crippen LogP contribution in [0.15, 0.2) is 93.8 Å². The van der Waals surface area contributed by atoms with Gasteiger partial charge in [-0.1, -0.05) is 30.3 Å². The number of hydrogen-bond donors (Lipinski definition) is 3. The van der Waals surface area contributed by atoms with E-state index in [1.165, 1.54) is 37.4 Å². The summed E-state index contributed by atoms with van der Waals surface area (Å²) < 4.78 is 16.6. The lowest BCUT2D eigenvalue weighted by Gasteiger charge is -2.13. The number of thiocarbonyl (C=S) groups is 1. The van der Waals surface area contributed by atoms with Gasteiger partial charge in [-0.15, -0.1) is 0 Å². The molecule has 200 valence electrons. The number of benzene rings is 3. The molecule has 0 saturated heterocycles. The van der Waals surface area contributed by atoms with E-state index in [2.05, 4.69) is 16.0 Å². The average Bonchev–Trinajstić information content (AvgIpc) is 3.62. The van der Waals surface area contributed by atoms with Crippen molar-refractivity contribution in [3.63, 3.8) is 0 Å². The minimum absolute atomic E-state index is 0.0144. The molecule has 3 aromatic carbocycles. The maximum atomic E-state index is 12.7. The molecule has 3 N–H and O–H groups in total. The van der Waals surface area contributed by atoms with Gasteiger partial charge in [0.15, 0.2) is 16.6 Å². The third-order valence-corrected chi connectivity index (χ3v) is 5.96. The lowest BCUT2D eigenvalue weighted by molar-refractivity contribution is -0.384. The van der Waals surface area contributed by atoms with Crippen molar-refractivity contribution in [2.45, 2.75) is 0 Å². The van der Waals surface area contributed by atoms with Crippen LogP contribution in [0.4, 0.5) is 17.1 Å². The lowest BCUT2D eigenvalue weighted by Crippen LogP contribution is -2.33. The predicted octanol–water partition coefficient (Wildman–Crippen LogP) is 5.99. The fourth-order valence-corrected chi connectivity index (χ4v) is 4.08. The Morgan fingerprint density at radius 1 is 0.875 bits per heavy atom. The van der Waals surface area contributed by atoms with Crippen LogP contribution < -0.4 is 20.7 Å². The van der Waals surface area contributed by atoms with Crippen LogP contribution in [0.25, 0.3) is 22.3 Å². The Balaban J connectivity index is 1.22. The molecule has 2 aromatic heterocycles. The van der Waals surface area contributed by atoms with Gasteiger partial charge in [-0.2, -0.15) is 0 Å². The van der Waals surface area contributed by atoms with Gasteiger partial charge in [0.2, 0.25) is 0 Å². The van der Waals surface area contributed by atoms with Gasteiger partial charge in [0.1, 0.15) is 17.1 Å². The molecule has 0 atom stereocenters. The van der Waals surface area contributed by atoms with E-state index in [4.69, 9.17) is 25.8 Å². The summed E-state index contributed by atoms with van der Waals surface area (Å²) >= 11 is 5.25. The van der Waals surface area contributed by atoms with Gasteiger partial charge in [-0.05, 0) is 48.6 Å². The van der Waals surface area contributed by atoms with Gasteiger partial charge in [0.25, 0.3) is 17.5 Å². The summed E-state index contributed by atoms with van der Waals surface area (Å²) in [5, 5.41) is 20.0. The van der Waals surface area contributed by atoms with Gasteiger partial charge < -0.3 is 24.2 Å². The molecule has 5 aromatic rings. The first-order chi connectivity index (χ1) is 19.3. The molecular formula is C28H20N4O7S. The van der Waals surface area contributed by atoms with E-state index >= 15 is 0 Å². The number of amides is 2. The first-order valence-electron chi connectivity index (χ1n) is 11.8. The van der Waals surface area contributed by atoms with Crippen molar-refractivity contribution in [2.24, 2.45) is 0 Å². The van der Waals surface area contributed by atoms with Gasteiger partial charge in [0.05, 0.1) is 17.7 Å². The number of nitro benzene ring substituents is 1. The van der Waals surface area contributed by atoms with Crippen LogP contribution in [-0.2, 0) is 0 Å². The van der Waals surface area contributed by atoms with Crippen molar-refractivity contribution in [3.8, 4) is 17.1 Å². The topological polar surface area (TPSA) is 149 Å². The van der Waals surface area contributed by atoms with Gasteiger partial charge in [-0.25, -0.2) is 0 Å². The van der Waals surface area contributed by atoms with Crippen molar-refractivity contribution in [2.75, 3.05) is 17.7 Å². The number of non-ortho nitro benzene ring substituents is 1. The van der Waals surface area contributed by atoms with Gasteiger partial charge in [0, 0.05) is 34.8 Å². The normalized spacial score (nSPS) is 10.6. The molecule has 0 aliphatic carbocycles. The monoisotopic (exact) mass is 556 g/mol. The molecule has 11 nitrogen and oxygen atoms in total. The number of rotatable bonds is 7. The number of nitro groups is 1. The van der Waals surface area contributed by atoms with Crippen molar-refractivity contribution < 1.29 is 28.1 Å². The molecule has 2 heterocycles. The van der Waals surface area contributed by atoms with E-state index in [0.717, 1.165) is 5.39 Å². The summed E-state index contributed by atoms with van der Waals surface area (Å²) in [6.45, 7) is 0. The molecule has 0 radical (unpaired) electrons. The zero-order valence-electron chi connectivity index (χ0n) is 20.8. The quantitative estimate of drug-likeness (QED) is 0.125. The second-order valence-corrected chi connectivity index (χ2v) is 8.81. The zero-order valence-corrected chi connectivity index (χ0v) is 21.6. The van der Waals surface area contributed by atoms with Crippen LogP contribution in [0.3, 0.4) is 0 Å². The number of carbonyl (C=O) groups excluding carboxylic acids is 2. The Kier molecular flexibility index (Phi) is 7.25. The molecule has 40 heavy (non-hydrogen) atoms. The highest BCUT2D eigenvalue weighted by atomic mass is 32.1. The second-order valence-electron chi connectivity index (χ2n) is 8.40. The molecule has 0 fully saturated rings. The van der Waals surface area contributed by atoms with Crippen molar-refractivity contribution >= 4 is 57.2 Å². The van der Waals surface area contributed by atoms with Crippen molar-refractivity contribution in [1.29, 1.82) is 0 Å². The number of carbonyl (C=O) groups is 2. The fourth-order valence-electron chi connectivity index (χ4n) is 3.86. The fraction of sp³-hybridized carbons (Fsp3) is 0.0357. The molecule has 0 aliphatic heterocycles. The number of ether oxygens (including phenoxy) is 1. The van der Waals surface area contributed by atoms with E-state index in [1.807, 2.05) is 18.2 Å². The Morgan fingerprint density at radius 2 is 1.70 bits per heavy atom. The highest BCUT2D eigenvalue weighted by Gasteiger charge is 2.17. The first-order valence-corrected chi connectivity index (χ1v) is 12.2. The number of methoxy groups -OCH3 is 1. The lowest BCUT2D eigenvalue weighted by atomic mass is 10.1. The summed E-state index contributed by atoms with van der Waals surface area (Å²) in [5.74, 6) is -0.307.